The van der Waals surface area contributed by atoms with Crippen LogP contribution >= 0.6 is 11.6 Å². The van der Waals surface area contributed by atoms with E-state index in [9.17, 15) is 14.4 Å². The molecule has 1 saturated heterocycles. The van der Waals surface area contributed by atoms with Gasteiger partial charge in [0.05, 0.1) is 17.3 Å². The molecular weight excluding hydrogens is 410 g/mol. The molecule has 1 aliphatic rings. The van der Waals surface area contributed by atoms with E-state index in [4.69, 9.17) is 25.8 Å². The van der Waals surface area contributed by atoms with Crippen molar-refractivity contribution in [2.75, 3.05) is 11.9 Å². The minimum Gasteiger partial charge on any atom is -0.494 e. The number of cyclic esters (lactones) is 2. The van der Waals surface area contributed by atoms with Crippen LogP contribution in [0.4, 0.5) is 5.69 Å². The molecule has 0 aromatic heterocycles. The van der Waals surface area contributed by atoms with Crippen LogP contribution in [0.15, 0.2) is 54.2 Å². The molecule has 3 rings (SSSR count). The van der Waals surface area contributed by atoms with E-state index >= 15 is 0 Å². The van der Waals surface area contributed by atoms with Crippen LogP contribution in [0.3, 0.4) is 0 Å². The smallest absolute Gasteiger partial charge is 0.350 e. The molecular formula is C22H20ClNO6. The molecule has 0 spiro atoms. The minimum absolute atomic E-state index is 0.219. The van der Waals surface area contributed by atoms with E-state index in [0.29, 0.717) is 34.2 Å². The molecule has 30 heavy (non-hydrogen) atoms. The van der Waals surface area contributed by atoms with Crippen molar-refractivity contribution in [1.82, 2.24) is 0 Å². The Kier molecular flexibility index (Phi) is 6.12. The quantitative estimate of drug-likeness (QED) is 0.320. The molecule has 0 saturated carbocycles. The molecule has 0 bridgehead atoms. The predicted molar refractivity (Wildman–Crippen MR) is 110 cm³/mol. The molecule has 0 unspecified atom stereocenters. The van der Waals surface area contributed by atoms with Gasteiger partial charge in [-0.15, -0.1) is 0 Å². The van der Waals surface area contributed by atoms with Gasteiger partial charge < -0.3 is 19.5 Å². The first kappa shape index (κ1) is 21.4. The van der Waals surface area contributed by atoms with Crippen molar-refractivity contribution < 1.29 is 28.6 Å². The Bertz CT molecular complexity index is 1000. The highest BCUT2D eigenvalue weighted by atomic mass is 35.5. The lowest BCUT2D eigenvalue weighted by atomic mass is 10.0. The van der Waals surface area contributed by atoms with Crippen molar-refractivity contribution >= 4 is 35.0 Å². The van der Waals surface area contributed by atoms with Crippen molar-refractivity contribution in [2.24, 2.45) is 0 Å². The molecule has 1 fully saturated rings. The average Bonchev–Trinajstić information content (AvgIpc) is 2.68. The van der Waals surface area contributed by atoms with Crippen LogP contribution in [-0.2, 0) is 19.1 Å². The zero-order valence-corrected chi connectivity index (χ0v) is 17.4. The van der Waals surface area contributed by atoms with E-state index in [1.54, 1.807) is 36.4 Å². The summed E-state index contributed by atoms with van der Waals surface area (Å²) in [6.07, 6.45) is 1.15. The number of hydrogen-bond acceptors (Lipinski definition) is 7. The van der Waals surface area contributed by atoms with Gasteiger partial charge in [0.25, 0.3) is 5.79 Å². The summed E-state index contributed by atoms with van der Waals surface area (Å²) >= 11 is 6.19. The first-order valence-corrected chi connectivity index (χ1v) is 9.58. The Morgan fingerprint density at radius 3 is 2.27 bits per heavy atom. The zero-order chi connectivity index (χ0) is 21.9. The number of halogens is 1. The Morgan fingerprint density at radius 1 is 1.07 bits per heavy atom. The number of esters is 2. The number of ketones is 1. The number of rotatable bonds is 6. The molecule has 0 radical (unpaired) electrons. The maximum absolute atomic E-state index is 12.8. The normalized spacial score (nSPS) is 15.1. The highest BCUT2D eigenvalue weighted by Gasteiger charge is 2.39. The van der Waals surface area contributed by atoms with Gasteiger partial charge in [-0.1, -0.05) is 11.6 Å². The molecule has 1 heterocycles. The predicted octanol–water partition coefficient (Wildman–Crippen LogP) is 4.10. The molecule has 0 atom stereocenters. The number of benzene rings is 2. The van der Waals surface area contributed by atoms with Crippen LogP contribution in [-0.4, -0.2) is 30.1 Å². The van der Waals surface area contributed by atoms with E-state index in [1.165, 1.54) is 19.9 Å². The van der Waals surface area contributed by atoms with Crippen molar-refractivity contribution in [1.29, 1.82) is 0 Å². The van der Waals surface area contributed by atoms with Gasteiger partial charge in [0.2, 0.25) is 0 Å². The summed E-state index contributed by atoms with van der Waals surface area (Å²) in [5, 5.41) is 3.07. The number of carbonyl (C=O) groups is 3. The summed E-state index contributed by atoms with van der Waals surface area (Å²) in [4.78, 5) is 36.8. The molecule has 1 N–H and O–H groups in total. The molecule has 8 heteroatoms. The first-order chi connectivity index (χ1) is 14.2. The van der Waals surface area contributed by atoms with Gasteiger partial charge in [0, 0.05) is 31.2 Å². The Hall–Kier alpha value is -3.32. The summed E-state index contributed by atoms with van der Waals surface area (Å²) in [6, 6.07) is 11.5. The lowest BCUT2D eigenvalue weighted by Gasteiger charge is -2.29. The lowest BCUT2D eigenvalue weighted by Crippen LogP contribution is -2.42. The number of ether oxygens (including phenoxy) is 3. The van der Waals surface area contributed by atoms with E-state index in [-0.39, 0.29) is 11.4 Å². The fourth-order valence-corrected chi connectivity index (χ4v) is 2.91. The van der Waals surface area contributed by atoms with Crippen molar-refractivity contribution in [3.63, 3.8) is 0 Å². The summed E-state index contributed by atoms with van der Waals surface area (Å²) < 4.78 is 15.4. The van der Waals surface area contributed by atoms with Gasteiger partial charge in [0.15, 0.2) is 11.4 Å². The third-order valence-electron chi connectivity index (χ3n) is 4.14. The van der Waals surface area contributed by atoms with Crippen LogP contribution in [0, 0.1) is 0 Å². The molecule has 2 aromatic rings. The van der Waals surface area contributed by atoms with Gasteiger partial charge in [-0.05, 0) is 49.4 Å². The number of hydrogen-bond donors (Lipinski definition) is 1. The molecule has 0 amide bonds. The zero-order valence-electron chi connectivity index (χ0n) is 16.7. The topological polar surface area (TPSA) is 90.9 Å². The van der Waals surface area contributed by atoms with Crippen LogP contribution in [0.2, 0.25) is 5.02 Å². The van der Waals surface area contributed by atoms with Gasteiger partial charge in [-0.2, -0.15) is 0 Å². The summed E-state index contributed by atoms with van der Waals surface area (Å²) in [6.45, 7) is 5.33. The summed E-state index contributed by atoms with van der Waals surface area (Å²) in [5.74, 6) is -2.51. The van der Waals surface area contributed by atoms with Gasteiger partial charge >= 0.3 is 11.9 Å². The van der Waals surface area contributed by atoms with Crippen LogP contribution in [0.1, 0.15) is 36.7 Å². The highest BCUT2D eigenvalue weighted by Crippen LogP contribution is 2.27. The maximum Gasteiger partial charge on any atom is 0.350 e. The second-order valence-corrected chi connectivity index (χ2v) is 7.27. The Morgan fingerprint density at radius 2 is 1.67 bits per heavy atom. The fraction of sp³-hybridized carbons (Fsp3) is 0.227. The van der Waals surface area contributed by atoms with Crippen LogP contribution in [0.5, 0.6) is 5.75 Å². The largest absolute Gasteiger partial charge is 0.494 e. The molecule has 2 aromatic carbocycles. The molecule has 156 valence electrons. The minimum atomic E-state index is -1.33. The summed E-state index contributed by atoms with van der Waals surface area (Å²) in [7, 11) is 0. The van der Waals surface area contributed by atoms with Gasteiger partial charge in [-0.3, -0.25) is 4.79 Å². The van der Waals surface area contributed by atoms with Gasteiger partial charge in [0.1, 0.15) is 5.75 Å². The van der Waals surface area contributed by atoms with E-state index in [1.807, 2.05) is 6.92 Å². The highest BCUT2D eigenvalue weighted by molar-refractivity contribution is 6.33. The van der Waals surface area contributed by atoms with E-state index in [2.05, 4.69) is 5.32 Å². The monoisotopic (exact) mass is 429 g/mol. The first-order valence-electron chi connectivity index (χ1n) is 9.20. The summed E-state index contributed by atoms with van der Waals surface area (Å²) in [5.41, 5.74) is 0.881. The maximum atomic E-state index is 12.8. The SMILES string of the molecule is CCOc1ccc(C(=O)c2ccc(Cl)c(NC=C3C(=O)OC(C)(C)OC3=O)c2)cc1. The third-order valence-corrected chi connectivity index (χ3v) is 4.47. The molecule has 1 aliphatic heterocycles. The van der Waals surface area contributed by atoms with Gasteiger partial charge in [-0.25, -0.2) is 9.59 Å². The second-order valence-electron chi connectivity index (χ2n) is 6.86. The number of carbonyl (C=O) groups excluding carboxylic acids is 3. The van der Waals surface area contributed by atoms with E-state index in [0.717, 1.165) is 6.20 Å². The Labute approximate surface area is 178 Å². The van der Waals surface area contributed by atoms with Crippen molar-refractivity contribution in [3.05, 3.63) is 70.4 Å². The number of nitrogens with one attached hydrogen (secondary N) is 1. The molecule has 0 aliphatic carbocycles. The Balaban J connectivity index is 1.81. The van der Waals surface area contributed by atoms with Crippen molar-refractivity contribution in [2.45, 2.75) is 26.6 Å². The van der Waals surface area contributed by atoms with Crippen LogP contribution < -0.4 is 10.1 Å². The second kappa shape index (κ2) is 8.59. The molecule has 7 nitrogen and oxygen atoms in total. The van der Waals surface area contributed by atoms with Crippen molar-refractivity contribution in [3.8, 4) is 5.75 Å². The van der Waals surface area contributed by atoms with E-state index < -0.39 is 17.7 Å². The van der Waals surface area contributed by atoms with Crippen LogP contribution in [0.25, 0.3) is 0 Å². The average molecular weight is 430 g/mol. The standard InChI is InChI=1S/C22H20ClNO6/c1-4-28-15-8-5-13(6-9-15)19(25)14-7-10-17(23)18(11-14)24-12-16-20(26)29-22(2,3)30-21(16)27/h5-12,24H,4H2,1-3H3. The third kappa shape index (κ3) is 4.80. The number of anilines is 1. The fourth-order valence-electron chi connectivity index (χ4n) is 2.74. The lowest BCUT2D eigenvalue weighted by molar-refractivity contribution is -0.222.